The highest BCUT2D eigenvalue weighted by Crippen LogP contribution is 2.36. The van der Waals surface area contributed by atoms with Gasteiger partial charge in [0.2, 0.25) is 0 Å². The molecule has 1 aromatic rings. The number of ether oxygens (including phenoxy) is 2. The van der Waals surface area contributed by atoms with E-state index in [1.165, 1.54) is 25.2 Å². The Bertz CT molecular complexity index is 899. The molecule has 1 saturated heterocycles. The topological polar surface area (TPSA) is 88.2 Å². The van der Waals surface area contributed by atoms with Crippen LogP contribution in [0.5, 0.6) is 0 Å². The van der Waals surface area contributed by atoms with Crippen LogP contribution >= 0.6 is 0 Å². The van der Waals surface area contributed by atoms with Gasteiger partial charge in [-0.1, -0.05) is 24.3 Å². The molecule has 1 saturated carbocycles. The first kappa shape index (κ1) is 23.5. The Balaban J connectivity index is 1.56. The summed E-state index contributed by atoms with van der Waals surface area (Å²) < 4.78 is 40.9. The molecule has 3 heterocycles. The van der Waals surface area contributed by atoms with Gasteiger partial charge in [0.25, 0.3) is 10.2 Å². The maximum absolute atomic E-state index is 13.0. The third-order valence-electron chi connectivity index (χ3n) is 7.06. The third kappa shape index (κ3) is 5.27. The molecule has 2 atom stereocenters. The summed E-state index contributed by atoms with van der Waals surface area (Å²) in [6, 6.07) is 7.67. The summed E-state index contributed by atoms with van der Waals surface area (Å²) in [4.78, 5) is 14.7. The first-order valence-electron chi connectivity index (χ1n) is 11.7. The monoisotopic (exact) mass is 465 g/mol. The molecule has 8 nitrogen and oxygen atoms in total. The van der Waals surface area contributed by atoms with Crippen LogP contribution in [0, 0.1) is 0 Å². The fourth-order valence-corrected chi connectivity index (χ4v) is 6.06. The van der Waals surface area contributed by atoms with Gasteiger partial charge in [-0.05, 0) is 55.6 Å². The Morgan fingerprint density at radius 1 is 1.09 bits per heavy atom. The summed E-state index contributed by atoms with van der Waals surface area (Å²) in [6.45, 7) is 1.15. The number of amides is 1. The quantitative estimate of drug-likeness (QED) is 0.742. The second kappa shape index (κ2) is 10.1. The van der Waals surface area contributed by atoms with Crippen molar-refractivity contribution >= 4 is 16.3 Å². The van der Waals surface area contributed by atoms with Gasteiger partial charge in [-0.3, -0.25) is 0 Å². The van der Waals surface area contributed by atoms with Gasteiger partial charge in [0.15, 0.2) is 0 Å². The number of piperidine rings is 1. The molecular weight excluding hydrogens is 430 g/mol. The summed E-state index contributed by atoms with van der Waals surface area (Å²) in [5, 5.41) is 0. The van der Waals surface area contributed by atoms with E-state index in [0.29, 0.717) is 44.9 Å². The van der Waals surface area contributed by atoms with E-state index < -0.39 is 22.3 Å². The fourth-order valence-electron chi connectivity index (χ4n) is 5.19. The lowest BCUT2D eigenvalue weighted by atomic mass is 9.80. The normalized spacial score (nSPS) is 29.7. The highest BCUT2D eigenvalue weighted by molar-refractivity contribution is 7.87. The first-order chi connectivity index (χ1) is 15.3. The van der Waals surface area contributed by atoms with E-state index >= 15 is 0 Å². The summed E-state index contributed by atoms with van der Waals surface area (Å²) in [6.07, 6.45) is 5.89. The van der Waals surface area contributed by atoms with Gasteiger partial charge in [0, 0.05) is 33.1 Å². The van der Waals surface area contributed by atoms with Gasteiger partial charge < -0.3 is 14.4 Å². The largest absolute Gasteiger partial charge is 0.449 e. The maximum atomic E-state index is 13.0. The van der Waals surface area contributed by atoms with E-state index in [-0.39, 0.29) is 12.1 Å². The highest BCUT2D eigenvalue weighted by atomic mass is 32.2. The number of fused-ring (bicyclic) bond motifs is 6. The number of hydrogen-bond donors (Lipinski definition) is 1. The minimum atomic E-state index is -3.62. The third-order valence-corrected chi connectivity index (χ3v) is 8.63. The molecule has 32 heavy (non-hydrogen) atoms. The predicted octanol–water partition coefficient (Wildman–Crippen LogP) is 2.65. The van der Waals surface area contributed by atoms with Crippen molar-refractivity contribution in [3.8, 4) is 0 Å². The molecule has 2 bridgehead atoms. The summed E-state index contributed by atoms with van der Waals surface area (Å²) >= 11 is 0. The number of carbonyl (C=O) groups excluding carboxylic acids is 1. The molecule has 0 aromatic heterocycles. The van der Waals surface area contributed by atoms with Crippen molar-refractivity contribution in [2.45, 2.75) is 69.1 Å². The van der Waals surface area contributed by atoms with Crippen molar-refractivity contribution in [3.63, 3.8) is 0 Å². The smallest absolute Gasteiger partial charge is 0.410 e. The van der Waals surface area contributed by atoms with E-state index in [2.05, 4.69) is 22.9 Å². The van der Waals surface area contributed by atoms with Crippen LogP contribution in [0.2, 0.25) is 0 Å². The molecule has 5 rings (SSSR count). The minimum Gasteiger partial charge on any atom is -0.449 e. The Labute approximate surface area is 191 Å². The number of carbonyl (C=O) groups is 1. The number of nitrogens with zero attached hydrogens (tertiary/aromatic N) is 2. The molecule has 4 aliphatic rings. The zero-order valence-corrected chi connectivity index (χ0v) is 19.9. The van der Waals surface area contributed by atoms with E-state index in [9.17, 15) is 13.2 Å². The van der Waals surface area contributed by atoms with Gasteiger partial charge in [0.05, 0.1) is 25.4 Å². The molecule has 0 radical (unpaired) electrons. The van der Waals surface area contributed by atoms with Crippen LogP contribution in [0.25, 0.3) is 0 Å². The van der Waals surface area contributed by atoms with Crippen LogP contribution in [0.1, 0.15) is 55.6 Å². The van der Waals surface area contributed by atoms with Crippen LogP contribution < -0.4 is 4.72 Å². The number of nitrogens with one attached hydrogen (secondary N) is 1. The van der Waals surface area contributed by atoms with Gasteiger partial charge in [-0.25, -0.2) is 4.79 Å². The van der Waals surface area contributed by atoms with Crippen molar-refractivity contribution in [2.75, 3.05) is 33.9 Å². The van der Waals surface area contributed by atoms with Gasteiger partial charge in [-0.15, -0.1) is 0 Å². The van der Waals surface area contributed by atoms with Crippen molar-refractivity contribution in [2.24, 2.45) is 0 Å². The molecular formula is C23H35N3O5S. The molecule has 1 aliphatic carbocycles. The van der Waals surface area contributed by atoms with Gasteiger partial charge in [-0.2, -0.15) is 17.4 Å². The van der Waals surface area contributed by atoms with E-state index in [1.807, 2.05) is 6.07 Å². The number of hydrogen-bond acceptors (Lipinski definition) is 5. The molecule has 0 spiro atoms. The zero-order chi connectivity index (χ0) is 22.7. The van der Waals surface area contributed by atoms with E-state index in [4.69, 9.17) is 9.47 Å². The van der Waals surface area contributed by atoms with Crippen molar-refractivity contribution in [1.82, 2.24) is 13.9 Å². The Morgan fingerprint density at radius 2 is 1.84 bits per heavy atom. The van der Waals surface area contributed by atoms with Gasteiger partial charge in [0.1, 0.15) is 0 Å². The molecule has 9 heteroatoms. The summed E-state index contributed by atoms with van der Waals surface area (Å²) in [5.74, 6) is 0.510. The van der Waals surface area contributed by atoms with Crippen LogP contribution in [0.3, 0.4) is 0 Å². The van der Waals surface area contributed by atoms with Crippen molar-refractivity contribution < 1.29 is 22.7 Å². The van der Waals surface area contributed by atoms with Crippen LogP contribution in [0.15, 0.2) is 24.3 Å². The average Bonchev–Trinajstić information content (AvgIpc) is 2.78. The maximum Gasteiger partial charge on any atom is 0.410 e. The lowest BCUT2D eigenvalue weighted by Gasteiger charge is -2.42. The lowest BCUT2D eigenvalue weighted by molar-refractivity contribution is -0.0271. The van der Waals surface area contributed by atoms with E-state index in [1.54, 1.807) is 4.90 Å². The van der Waals surface area contributed by atoms with E-state index in [0.717, 1.165) is 30.0 Å². The van der Waals surface area contributed by atoms with Crippen molar-refractivity contribution in [1.29, 1.82) is 0 Å². The van der Waals surface area contributed by atoms with Crippen LogP contribution in [-0.2, 0) is 26.1 Å². The second-order valence-corrected chi connectivity index (χ2v) is 11.2. The molecule has 1 aromatic carbocycles. The number of benzene rings is 1. The lowest BCUT2D eigenvalue weighted by Crippen LogP contribution is -2.60. The minimum absolute atomic E-state index is 0.132. The predicted molar refractivity (Wildman–Crippen MR) is 122 cm³/mol. The molecule has 1 N–H and O–H groups in total. The highest BCUT2D eigenvalue weighted by Gasteiger charge is 2.39. The fraction of sp³-hybridized carbons (Fsp3) is 0.696. The Hall–Kier alpha value is -1.68. The standard InChI is InChI=1S/C23H35N3O5S/c1-25(2)32(28,29)24-21-8-5-14-26-22(21)16-31-19-11-9-18(10-12-19)20-7-4-3-6-17(20)13-15-30-23(26)27/h3-4,6-7,18-19,21-22,24H,5,8-16H2,1-2H3/t18?,19?,21-,22-/m1/s1. The van der Waals surface area contributed by atoms with Gasteiger partial charge >= 0.3 is 6.09 Å². The molecule has 178 valence electrons. The SMILES string of the molecule is CN(C)S(=O)(=O)N[C@@H]1CCCN2C(=O)OCCc3ccccc3C3CCC(CC3)OC[C@H]12. The number of rotatable bonds is 3. The molecule has 3 aliphatic heterocycles. The summed E-state index contributed by atoms with van der Waals surface area (Å²) in [5.41, 5.74) is 2.61. The van der Waals surface area contributed by atoms with Crippen LogP contribution in [-0.4, -0.2) is 75.8 Å². The Morgan fingerprint density at radius 3 is 2.59 bits per heavy atom. The average molecular weight is 466 g/mol. The molecule has 1 amide bonds. The van der Waals surface area contributed by atoms with Crippen molar-refractivity contribution in [3.05, 3.63) is 35.4 Å². The van der Waals surface area contributed by atoms with Crippen LogP contribution in [0.4, 0.5) is 4.79 Å². The Kier molecular flexibility index (Phi) is 7.39. The molecule has 2 fully saturated rings. The molecule has 0 unspecified atom stereocenters. The first-order valence-corrected chi connectivity index (χ1v) is 13.1. The summed E-state index contributed by atoms with van der Waals surface area (Å²) in [7, 11) is -0.628. The zero-order valence-electron chi connectivity index (χ0n) is 19.0. The second-order valence-electron chi connectivity index (χ2n) is 9.28.